The molecule has 43 heavy (non-hydrogen) atoms. The number of aromatic nitrogens is 3. The van der Waals surface area contributed by atoms with Crippen molar-refractivity contribution >= 4 is 13.3 Å². The summed E-state index contributed by atoms with van der Waals surface area (Å²) < 4.78 is 0. The van der Waals surface area contributed by atoms with Gasteiger partial charge in [-0.3, -0.25) is 4.98 Å². The average Bonchev–Trinajstić information content (AvgIpc) is 2.97. The quantitative estimate of drug-likeness (QED) is 0.128. The first-order valence-electron chi connectivity index (χ1n) is 14.8. The van der Waals surface area contributed by atoms with Crippen LogP contribution in [-0.2, 0) is 20.1 Å². The summed E-state index contributed by atoms with van der Waals surface area (Å²) in [5.74, 6) is 0.961. The molecule has 0 fully saturated rings. The van der Waals surface area contributed by atoms with Gasteiger partial charge in [-0.2, -0.15) is 11.6 Å². The molecule has 5 aromatic rings. The van der Waals surface area contributed by atoms with Crippen LogP contribution in [0.5, 0.6) is 0 Å². The molecule has 0 atom stereocenters. The maximum absolute atomic E-state index is 4.72. The molecular weight excluding hydrogens is 719 g/mol. The van der Waals surface area contributed by atoms with Gasteiger partial charge in [0, 0.05) is 38.1 Å². The summed E-state index contributed by atoms with van der Waals surface area (Å²) in [6.45, 7) is 20.1. The van der Waals surface area contributed by atoms with Gasteiger partial charge in [0.05, 0.1) is 8.07 Å². The Kier molecular flexibility index (Phi) is 11.9. The summed E-state index contributed by atoms with van der Waals surface area (Å²) in [5, 5.41) is 1.46. The number of rotatable bonds is 6. The zero-order valence-electron chi connectivity index (χ0n) is 26.9. The van der Waals surface area contributed by atoms with Crippen molar-refractivity contribution < 1.29 is 20.1 Å². The van der Waals surface area contributed by atoms with Crippen LogP contribution in [0, 0.1) is 26.0 Å². The number of aryl methyl sites for hydroxylation is 2. The van der Waals surface area contributed by atoms with Gasteiger partial charge in [0.25, 0.3) is 0 Å². The SMILES string of the molecule is CC(C)c1cc(-c2[c-]cccc2)ncc1-c1ccccc1.Cc1[c-]c(-c2cc(C(C)C)c([Si](C)(C)C)cn2)cc(C)n1.[Ir]. The Hall–Kier alpha value is -3.24. The molecule has 0 aliphatic heterocycles. The van der Waals surface area contributed by atoms with Gasteiger partial charge in [-0.05, 0) is 64.8 Å². The number of benzene rings is 2. The van der Waals surface area contributed by atoms with E-state index in [0.29, 0.717) is 11.8 Å². The Morgan fingerprint density at radius 1 is 0.698 bits per heavy atom. The number of hydrogen-bond acceptors (Lipinski definition) is 3. The van der Waals surface area contributed by atoms with Gasteiger partial charge in [-0.15, -0.1) is 42.0 Å². The molecule has 2 aromatic carbocycles. The first kappa shape index (κ1) is 34.2. The predicted octanol–water partition coefficient (Wildman–Crippen LogP) is 9.57. The summed E-state index contributed by atoms with van der Waals surface area (Å²) in [5.41, 5.74) is 11.2. The van der Waals surface area contributed by atoms with Crippen molar-refractivity contribution in [1.29, 1.82) is 0 Å². The molecule has 0 N–H and O–H groups in total. The van der Waals surface area contributed by atoms with Crippen molar-refractivity contribution in [2.24, 2.45) is 0 Å². The summed E-state index contributed by atoms with van der Waals surface area (Å²) in [6, 6.07) is 31.5. The molecule has 0 saturated heterocycles. The fourth-order valence-corrected chi connectivity index (χ4v) is 6.81. The molecule has 0 aliphatic carbocycles. The Balaban J connectivity index is 0.000000230. The second-order valence-corrected chi connectivity index (χ2v) is 17.6. The Morgan fingerprint density at radius 2 is 1.30 bits per heavy atom. The standard InChI is InChI=1S/C20H18N.C18H25N2Si.Ir/c1-15(2)18-13-20(17-11-7-4-8-12-17)21-14-19(18)16-9-5-3-6-10-16;1-12(2)16-10-17(19-11-18(16)21(5,6)7)15-8-13(3)20-14(4)9-15;/h3-11,13-15H,1-2H3;8,10-12H,1-7H3;/q2*-1;. The van der Waals surface area contributed by atoms with Crippen LogP contribution in [0.1, 0.15) is 62.0 Å². The van der Waals surface area contributed by atoms with E-state index in [1.54, 1.807) is 0 Å². The maximum atomic E-state index is 4.72. The van der Waals surface area contributed by atoms with Crippen molar-refractivity contribution in [3.63, 3.8) is 0 Å². The molecule has 225 valence electrons. The number of nitrogens with zero attached hydrogens (tertiary/aromatic N) is 3. The zero-order valence-corrected chi connectivity index (χ0v) is 30.3. The monoisotopic (exact) mass is 762 g/mol. The van der Waals surface area contributed by atoms with E-state index in [4.69, 9.17) is 4.98 Å². The minimum absolute atomic E-state index is 0. The topological polar surface area (TPSA) is 38.7 Å². The second-order valence-electron chi connectivity index (χ2n) is 12.5. The van der Waals surface area contributed by atoms with Crippen molar-refractivity contribution in [2.45, 2.75) is 73.0 Å². The van der Waals surface area contributed by atoms with Crippen LogP contribution in [0.4, 0.5) is 0 Å². The third-order valence-electron chi connectivity index (χ3n) is 7.28. The molecule has 5 heteroatoms. The smallest absolute Gasteiger partial charge is 0.0798 e. The molecule has 0 saturated carbocycles. The van der Waals surface area contributed by atoms with E-state index in [-0.39, 0.29) is 20.1 Å². The Morgan fingerprint density at radius 3 is 1.88 bits per heavy atom. The van der Waals surface area contributed by atoms with Gasteiger partial charge in [0.1, 0.15) is 0 Å². The summed E-state index contributed by atoms with van der Waals surface area (Å²) >= 11 is 0. The molecule has 5 rings (SSSR count). The van der Waals surface area contributed by atoms with Crippen LogP contribution in [-0.4, -0.2) is 23.0 Å². The molecule has 3 nitrogen and oxygen atoms in total. The normalized spacial score (nSPS) is 11.1. The second kappa shape index (κ2) is 15.0. The van der Waals surface area contributed by atoms with Crippen LogP contribution in [0.15, 0.2) is 85.2 Å². The number of pyridine rings is 3. The predicted molar refractivity (Wildman–Crippen MR) is 181 cm³/mol. The molecule has 0 bridgehead atoms. The van der Waals surface area contributed by atoms with Gasteiger partial charge in [-0.25, -0.2) is 0 Å². The third-order valence-corrected chi connectivity index (χ3v) is 9.32. The van der Waals surface area contributed by atoms with Gasteiger partial charge >= 0.3 is 0 Å². The van der Waals surface area contributed by atoms with Gasteiger partial charge in [0.2, 0.25) is 0 Å². The van der Waals surface area contributed by atoms with Crippen molar-refractivity contribution in [3.05, 3.63) is 120 Å². The summed E-state index contributed by atoms with van der Waals surface area (Å²) in [4.78, 5) is 13.8. The molecule has 0 aliphatic rings. The van der Waals surface area contributed by atoms with E-state index in [2.05, 4.69) is 124 Å². The van der Waals surface area contributed by atoms with Crippen LogP contribution >= 0.6 is 0 Å². The van der Waals surface area contributed by atoms with Crippen LogP contribution < -0.4 is 5.19 Å². The molecule has 0 amide bonds. The molecular formula is C38H43IrN3Si-2. The molecule has 3 heterocycles. The minimum atomic E-state index is -1.37. The Labute approximate surface area is 273 Å². The van der Waals surface area contributed by atoms with E-state index in [1.807, 2.05) is 44.3 Å². The first-order valence-corrected chi connectivity index (χ1v) is 18.3. The van der Waals surface area contributed by atoms with E-state index < -0.39 is 8.07 Å². The van der Waals surface area contributed by atoms with Crippen molar-refractivity contribution in [3.8, 4) is 33.6 Å². The zero-order chi connectivity index (χ0) is 30.4. The van der Waals surface area contributed by atoms with Gasteiger partial charge in [-0.1, -0.05) is 95.4 Å². The molecule has 1 radical (unpaired) electrons. The summed E-state index contributed by atoms with van der Waals surface area (Å²) in [6.07, 6.45) is 4.08. The van der Waals surface area contributed by atoms with E-state index >= 15 is 0 Å². The molecule has 3 aromatic heterocycles. The van der Waals surface area contributed by atoms with Gasteiger partial charge < -0.3 is 9.97 Å². The maximum Gasteiger partial charge on any atom is 0.0798 e. The number of hydrogen-bond donors (Lipinski definition) is 0. The Bertz CT molecular complexity index is 1600. The van der Waals surface area contributed by atoms with Crippen LogP contribution in [0.25, 0.3) is 33.6 Å². The fraction of sp³-hybridized carbons (Fsp3) is 0.289. The first-order chi connectivity index (χ1) is 19.9. The summed E-state index contributed by atoms with van der Waals surface area (Å²) in [7, 11) is -1.37. The minimum Gasteiger partial charge on any atom is -0.321 e. The fourth-order valence-electron chi connectivity index (χ4n) is 5.13. The van der Waals surface area contributed by atoms with E-state index in [1.165, 1.54) is 27.4 Å². The van der Waals surface area contributed by atoms with E-state index in [0.717, 1.165) is 33.9 Å². The third kappa shape index (κ3) is 8.89. The van der Waals surface area contributed by atoms with Gasteiger partial charge in [0.15, 0.2) is 0 Å². The largest absolute Gasteiger partial charge is 0.321 e. The van der Waals surface area contributed by atoms with Crippen LogP contribution in [0.3, 0.4) is 0 Å². The van der Waals surface area contributed by atoms with E-state index in [9.17, 15) is 0 Å². The van der Waals surface area contributed by atoms with Crippen molar-refractivity contribution in [2.75, 3.05) is 0 Å². The molecule has 0 spiro atoms. The van der Waals surface area contributed by atoms with Crippen molar-refractivity contribution in [1.82, 2.24) is 15.0 Å². The molecule has 0 unspecified atom stereocenters. The van der Waals surface area contributed by atoms with Crippen LogP contribution in [0.2, 0.25) is 19.6 Å². The average molecular weight is 762 g/mol.